The Labute approximate surface area is 401 Å². The maximum atomic E-state index is 14.5. The number of phenolic OH excluding ortho intramolecular Hbond substituents is 1. The first kappa shape index (κ1) is 54.5. The number of phenols is 1. The summed E-state index contributed by atoms with van der Waals surface area (Å²) in [6.45, 7) is 3.14. The number of aromatic hydroxyl groups is 1. The number of benzene rings is 1. The summed E-state index contributed by atoms with van der Waals surface area (Å²) < 4.78 is 0. The van der Waals surface area contributed by atoms with Crippen LogP contribution in [0, 0.1) is 5.92 Å². The molecule has 23 nitrogen and oxygen atoms in total. The minimum atomic E-state index is -1.70. The van der Waals surface area contributed by atoms with Gasteiger partial charge in [0.05, 0.1) is 13.0 Å². The maximum absolute atomic E-state index is 14.5. The molecule has 2 bridgehead atoms. The summed E-state index contributed by atoms with van der Waals surface area (Å²) in [5.74, 6) is -9.11. The Morgan fingerprint density at radius 3 is 2.15 bits per heavy atom. The monoisotopic (exact) mass is 989 g/mol. The summed E-state index contributed by atoms with van der Waals surface area (Å²) in [6.07, 6.45) is 0.0383. The molecule has 3 aliphatic rings. The molecular formula is C43H63N11O12S2. The molecule has 13 N–H and O–H groups in total. The molecule has 68 heavy (non-hydrogen) atoms. The van der Waals surface area contributed by atoms with Gasteiger partial charge in [0.25, 0.3) is 0 Å². The van der Waals surface area contributed by atoms with Crippen molar-refractivity contribution < 1.29 is 57.8 Å². The number of carbonyl (C=O) groups is 11. The number of rotatable bonds is 9. The number of primary amides is 2. The Morgan fingerprint density at radius 1 is 0.750 bits per heavy atom. The molecular weight excluding hydrogens is 927 g/mol. The standard InChI is InChI=1S/C43H63N11O12S2/c1-3-23(2)36-42(65)50-27-13-14-34(58)46-16-5-4-7-26(37(60)47-21-33(45)57)49-41(64)31-8-6-17-54(31)43(66)30(52-39(62)29(20-32(44)56)51-38(27)61)22-68-67-18-15-35(59)48-28(40(63)53-36)19-24-9-11-25(55)12-10-24/h9-12,23,26-31,36,55H,3-8,13-22H2,1-2H3,(H2,44,56)(H2,45,57)(H,46,58)(H,47,60)(H,48,59)(H,49,64)(H,50,65)(H,51,61)(H,52,62)(H,53,63)/t23?,26-,27-,28-,29-,30+,31-,36-/m0/s1. The average molecular weight is 990 g/mol. The first-order chi connectivity index (χ1) is 32.4. The first-order valence-corrected chi connectivity index (χ1v) is 25.1. The van der Waals surface area contributed by atoms with E-state index in [2.05, 4.69) is 42.5 Å². The topological polar surface area (TPSA) is 360 Å². The molecule has 3 saturated heterocycles. The van der Waals surface area contributed by atoms with Crippen molar-refractivity contribution >= 4 is 86.6 Å². The van der Waals surface area contributed by atoms with Crippen molar-refractivity contribution in [2.24, 2.45) is 17.4 Å². The fourth-order valence-electron chi connectivity index (χ4n) is 7.67. The lowest BCUT2D eigenvalue weighted by Gasteiger charge is -2.31. The zero-order valence-corrected chi connectivity index (χ0v) is 39.7. The number of carbonyl (C=O) groups excluding carboxylic acids is 11. The van der Waals surface area contributed by atoms with Crippen molar-refractivity contribution in [1.82, 2.24) is 47.4 Å². The fourth-order valence-corrected chi connectivity index (χ4v) is 9.82. The van der Waals surface area contributed by atoms with Gasteiger partial charge >= 0.3 is 0 Å². The smallest absolute Gasteiger partial charge is 0.246 e. The second kappa shape index (κ2) is 27.0. The quantitative estimate of drug-likeness (QED) is 0.112. The van der Waals surface area contributed by atoms with Gasteiger partial charge < -0.3 is 64.0 Å². The Kier molecular flexibility index (Phi) is 21.7. The van der Waals surface area contributed by atoms with Crippen LogP contribution in [0.2, 0.25) is 0 Å². The van der Waals surface area contributed by atoms with Gasteiger partial charge in [-0.05, 0) is 62.1 Å². The van der Waals surface area contributed by atoms with E-state index in [0.29, 0.717) is 31.2 Å². The predicted molar refractivity (Wildman–Crippen MR) is 249 cm³/mol. The Hall–Kier alpha value is -6.11. The predicted octanol–water partition coefficient (Wildman–Crippen LogP) is -2.78. The van der Waals surface area contributed by atoms with Gasteiger partial charge in [-0.15, -0.1) is 0 Å². The lowest BCUT2D eigenvalue weighted by atomic mass is 9.96. The van der Waals surface area contributed by atoms with Crippen LogP contribution < -0.4 is 54.0 Å². The van der Waals surface area contributed by atoms with E-state index in [9.17, 15) is 57.8 Å². The van der Waals surface area contributed by atoms with Crippen molar-refractivity contribution in [3.05, 3.63) is 29.8 Å². The molecule has 1 unspecified atom stereocenters. The average Bonchev–Trinajstić information content (AvgIpc) is 3.79. The highest BCUT2D eigenvalue weighted by Crippen LogP contribution is 2.26. The first-order valence-electron chi connectivity index (χ1n) is 22.6. The number of nitrogens with two attached hydrogens (primary N) is 2. The van der Waals surface area contributed by atoms with E-state index in [1.54, 1.807) is 26.0 Å². The van der Waals surface area contributed by atoms with E-state index in [1.807, 2.05) is 0 Å². The van der Waals surface area contributed by atoms with Crippen LogP contribution in [0.4, 0.5) is 0 Å². The van der Waals surface area contributed by atoms with Gasteiger partial charge in [-0.2, -0.15) is 0 Å². The summed E-state index contributed by atoms with van der Waals surface area (Å²) in [4.78, 5) is 150. The number of nitrogens with zero attached hydrogens (tertiary/aromatic N) is 1. The molecule has 0 aliphatic carbocycles. The molecule has 1 aromatic rings. The molecule has 25 heteroatoms. The zero-order valence-electron chi connectivity index (χ0n) is 38.1. The van der Waals surface area contributed by atoms with Crippen LogP contribution in [-0.2, 0) is 59.2 Å². The summed E-state index contributed by atoms with van der Waals surface area (Å²) in [7, 11) is 2.27. The summed E-state index contributed by atoms with van der Waals surface area (Å²) in [5, 5.41) is 30.8. The van der Waals surface area contributed by atoms with Crippen LogP contribution in [0.25, 0.3) is 0 Å². The lowest BCUT2D eigenvalue weighted by molar-refractivity contribution is -0.142. The van der Waals surface area contributed by atoms with E-state index in [1.165, 1.54) is 17.0 Å². The second-order valence-corrected chi connectivity index (χ2v) is 19.5. The van der Waals surface area contributed by atoms with E-state index in [4.69, 9.17) is 11.5 Å². The number of fused-ring (bicyclic) bond motifs is 7. The van der Waals surface area contributed by atoms with Crippen LogP contribution >= 0.6 is 21.6 Å². The Balaban J connectivity index is 1.77. The highest BCUT2D eigenvalue weighted by atomic mass is 33.1. The fraction of sp³-hybridized carbons (Fsp3) is 0.605. The van der Waals surface area contributed by atoms with Gasteiger partial charge in [-0.25, -0.2) is 0 Å². The van der Waals surface area contributed by atoms with Crippen molar-refractivity contribution in [1.29, 1.82) is 0 Å². The molecule has 3 fully saturated rings. The third-order valence-electron chi connectivity index (χ3n) is 11.6. The van der Waals surface area contributed by atoms with Crippen molar-refractivity contribution in [3.63, 3.8) is 0 Å². The van der Waals surface area contributed by atoms with E-state index >= 15 is 0 Å². The van der Waals surface area contributed by atoms with Crippen LogP contribution in [0.15, 0.2) is 24.3 Å². The van der Waals surface area contributed by atoms with Crippen LogP contribution in [0.1, 0.15) is 83.6 Å². The second-order valence-electron chi connectivity index (χ2n) is 16.9. The maximum Gasteiger partial charge on any atom is 0.246 e. The molecule has 374 valence electrons. The lowest BCUT2D eigenvalue weighted by Crippen LogP contribution is -2.61. The van der Waals surface area contributed by atoms with Gasteiger partial charge in [-0.3, -0.25) is 52.7 Å². The molecule has 3 aliphatic heterocycles. The largest absolute Gasteiger partial charge is 0.508 e. The molecule has 3 heterocycles. The molecule has 0 spiro atoms. The third-order valence-corrected chi connectivity index (χ3v) is 14.1. The zero-order chi connectivity index (χ0) is 49.9. The van der Waals surface area contributed by atoms with Crippen molar-refractivity contribution in [2.75, 3.05) is 31.1 Å². The van der Waals surface area contributed by atoms with Crippen molar-refractivity contribution in [2.45, 2.75) is 127 Å². The molecule has 4 rings (SSSR count). The van der Waals surface area contributed by atoms with E-state index in [0.717, 1.165) is 21.6 Å². The number of amides is 11. The normalized spacial score (nSPS) is 26.4. The van der Waals surface area contributed by atoms with Gasteiger partial charge in [0.1, 0.15) is 48.0 Å². The summed E-state index contributed by atoms with van der Waals surface area (Å²) in [6, 6.07) is -3.39. The molecule has 0 aromatic heterocycles. The minimum Gasteiger partial charge on any atom is -0.508 e. The van der Waals surface area contributed by atoms with Gasteiger partial charge in [-0.1, -0.05) is 54.0 Å². The van der Waals surface area contributed by atoms with E-state index in [-0.39, 0.29) is 68.9 Å². The van der Waals surface area contributed by atoms with Crippen LogP contribution in [0.3, 0.4) is 0 Å². The minimum absolute atomic E-state index is 0.0175. The molecule has 8 atom stereocenters. The Morgan fingerprint density at radius 2 is 1.46 bits per heavy atom. The van der Waals surface area contributed by atoms with Crippen LogP contribution in [-0.4, -0.2) is 148 Å². The van der Waals surface area contributed by atoms with Gasteiger partial charge in [0.2, 0.25) is 65.0 Å². The summed E-state index contributed by atoms with van der Waals surface area (Å²) >= 11 is 0. The third kappa shape index (κ3) is 17.2. The van der Waals surface area contributed by atoms with Crippen LogP contribution in [0.5, 0.6) is 5.75 Å². The van der Waals surface area contributed by atoms with Gasteiger partial charge in [0.15, 0.2) is 0 Å². The Bertz CT molecular complexity index is 2030. The summed E-state index contributed by atoms with van der Waals surface area (Å²) in [5.41, 5.74) is 11.3. The van der Waals surface area contributed by atoms with Crippen molar-refractivity contribution in [3.8, 4) is 5.75 Å². The number of hydrogen-bond acceptors (Lipinski definition) is 14. The molecule has 1 aromatic carbocycles. The molecule has 11 amide bonds. The van der Waals surface area contributed by atoms with E-state index < -0.39 is 126 Å². The highest BCUT2D eigenvalue weighted by molar-refractivity contribution is 8.76. The highest BCUT2D eigenvalue weighted by Gasteiger charge is 2.41. The van der Waals surface area contributed by atoms with Gasteiger partial charge in [0, 0.05) is 43.9 Å². The SMILES string of the molecule is CCC(C)[C@@H]1NC(=O)[C@H](Cc2ccc(O)cc2)NC(=O)CCSSC[C@H]2NC(=O)[C@H](CC(N)=O)NC(=O)[C@H](CCC(=O)NCCCC[C@@H](C(=O)NCC(N)=O)NC(=O)[C@@H]3CCCN3C2=O)NC1=O. The number of nitrogens with one attached hydrogen (secondary N) is 8. The number of hydrogen-bond donors (Lipinski definition) is 11. The molecule has 0 radical (unpaired) electrons. The molecule has 0 saturated carbocycles.